The average molecular weight is 365 g/mol. The van der Waals surface area contributed by atoms with Crippen molar-refractivity contribution in [3.05, 3.63) is 23.7 Å². The molecule has 2 fully saturated rings. The minimum Gasteiger partial charge on any atom is -0.469 e. The van der Waals surface area contributed by atoms with E-state index in [1.807, 2.05) is 11.8 Å². The van der Waals surface area contributed by atoms with Gasteiger partial charge in [-0.2, -0.15) is 11.8 Å². The quantitative estimate of drug-likeness (QED) is 0.804. The summed E-state index contributed by atoms with van der Waals surface area (Å²) in [6.07, 6.45) is 6.24. The number of hydrogen-bond acceptors (Lipinski definition) is 5. The first kappa shape index (κ1) is 18.3. The summed E-state index contributed by atoms with van der Waals surface area (Å²) >= 11 is 2.01. The molecule has 0 unspecified atom stereocenters. The Kier molecular flexibility index (Phi) is 6.06. The summed E-state index contributed by atoms with van der Waals surface area (Å²) in [7, 11) is 0. The Morgan fingerprint density at radius 1 is 1.24 bits per heavy atom. The van der Waals surface area contributed by atoms with Gasteiger partial charge in [-0.15, -0.1) is 0 Å². The van der Waals surface area contributed by atoms with E-state index in [0.29, 0.717) is 17.9 Å². The summed E-state index contributed by atoms with van der Waals surface area (Å²) in [5.74, 6) is 2.51. The maximum atomic E-state index is 12.2. The number of furan rings is 1. The number of nitrogens with zero attached hydrogens (tertiary/aromatic N) is 1. The molecule has 0 spiro atoms. The van der Waals surface area contributed by atoms with E-state index in [1.54, 1.807) is 13.0 Å². The van der Waals surface area contributed by atoms with Gasteiger partial charge in [-0.1, -0.05) is 12.8 Å². The van der Waals surface area contributed by atoms with Gasteiger partial charge in [-0.05, 0) is 25.8 Å². The van der Waals surface area contributed by atoms with Crippen LogP contribution in [0.25, 0.3) is 0 Å². The van der Waals surface area contributed by atoms with Crippen LogP contribution in [0.4, 0.5) is 0 Å². The van der Waals surface area contributed by atoms with E-state index >= 15 is 0 Å². The van der Waals surface area contributed by atoms with E-state index in [1.165, 1.54) is 30.6 Å². The molecule has 2 amide bonds. The van der Waals surface area contributed by atoms with Crippen molar-refractivity contribution in [3.63, 3.8) is 0 Å². The Bertz CT molecular complexity index is 604. The number of rotatable bonds is 6. The van der Waals surface area contributed by atoms with Crippen molar-refractivity contribution < 1.29 is 14.0 Å². The molecular weight excluding hydrogens is 338 g/mol. The predicted molar refractivity (Wildman–Crippen MR) is 98.9 cm³/mol. The Hall–Kier alpha value is -1.47. The number of thioether (sulfide) groups is 1. The van der Waals surface area contributed by atoms with Crippen LogP contribution in [0.2, 0.25) is 0 Å². The summed E-state index contributed by atoms with van der Waals surface area (Å²) in [5, 5.41) is 5.72. The highest BCUT2D eigenvalue weighted by Crippen LogP contribution is 2.36. The maximum Gasteiger partial charge on any atom is 0.255 e. The highest BCUT2D eigenvalue weighted by molar-refractivity contribution is 7.99. The normalized spacial score (nSPS) is 20.4. The molecule has 1 aliphatic carbocycles. The van der Waals surface area contributed by atoms with Crippen molar-refractivity contribution in [1.29, 1.82) is 0 Å². The zero-order valence-corrected chi connectivity index (χ0v) is 15.6. The fraction of sp³-hybridized carbons (Fsp3) is 0.667. The van der Waals surface area contributed by atoms with E-state index in [-0.39, 0.29) is 23.9 Å². The molecule has 1 saturated carbocycles. The summed E-state index contributed by atoms with van der Waals surface area (Å²) < 4.78 is 5.12. The minimum absolute atomic E-state index is 0.00458. The highest BCUT2D eigenvalue weighted by Gasteiger charge is 2.40. The molecule has 0 aromatic carbocycles. The SMILES string of the molecule is Cc1occc1C(=O)NCC(=O)NCC1(N2CCSCC2)CCCC1. The Labute approximate surface area is 153 Å². The van der Waals surface area contributed by atoms with Gasteiger partial charge in [0.1, 0.15) is 5.76 Å². The largest absolute Gasteiger partial charge is 0.469 e. The molecule has 6 nitrogen and oxygen atoms in total. The summed E-state index contributed by atoms with van der Waals surface area (Å²) in [4.78, 5) is 26.8. The number of nitrogens with one attached hydrogen (secondary N) is 2. The molecule has 1 aromatic rings. The molecule has 0 radical (unpaired) electrons. The van der Waals surface area contributed by atoms with Gasteiger partial charge in [0.25, 0.3) is 5.91 Å². The van der Waals surface area contributed by atoms with Gasteiger partial charge in [0.2, 0.25) is 5.91 Å². The molecular formula is C18H27N3O3S. The lowest BCUT2D eigenvalue weighted by Crippen LogP contribution is -2.57. The molecule has 0 atom stereocenters. The fourth-order valence-corrected chi connectivity index (χ4v) is 4.78. The second-order valence-electron chi connectivity index (χ2n) is 6.88. The first-order chi connectivity index (χ1) is 12.1. The Morgan fingerprint density at radius 2 is 1.96 bits per heavy atom. The van der Waals surface area contributed by atoms with Crippen molar-refractivity contribution in [2.45, 2.75) is 38.1 Å². The molecule has 1 aromatic heterocycles. The lowest BCUT2D eigenvalue weighted by molar-refractivity contribution is -0.120. The third-order valence-corrected chi connectivity index (χ3v) is 6.29. The van der Waals surface area contributed by atoms with Crippen LogP contribution in [0.5, 0.6) is 0 Å². The van der Waals surface area contributed by atoms with Crippen LogP contribution < -0.4 is 10.6 Å². The molecule has 7 heteroatoms. The van der Waals surface area contributed by atoms with Gasteiger partial charge in [-0.3, -0.25) is 14.5 Å². The zero-order valence-electron chi connectivity index (χ0n) is 14.8. The molecule has 0 bridgehead atoms. The van der Waals surface area contributed by atoms with Crippen molar-refractivity contribution in [3.8, 4) is 0 Å². The van der Waals surface area contributed by atoms with E-state index < -0.39 is 0 Å². The van der Waals surface area contributed by atoms with Crippen molar-refractivity contribution >= 4 is 23.6 Å². The van der Waals surface area contributed by atoms with E-state index in [0.717, 1.165) is 25.9 Å². The molecule has 1 saturated heterocycles. The van der Waals surface area contributed by atoms with E-state index in [2.05, 4.69) is 15.5 Å². The lowest BCUT2D eigenvalue weighted by Gasteiger charge is -2.43. The molecule has 2 aliphatic rings. The second kappa shape index (κ2) is 8.27. The average Bonchev–Trinajstić information content (AvgIpc) is 3.28. The van der Waals surface area contributed by atoms with Crippen LogP contribution in [0.1, 0.15) is 41.8 Å². The molecule has 2 N–H and O–H groups in total. The Balaban J connectivity index is 1.48. The standard InChI is InChI=1S/C18H27N3O3S/c1-14-15(4-9-24-14)17(23)19-12-16(22)20-13-18(5-2-3-6-18)21-7-10-25-11-8-21/h4,9H,2-3,5-8,10-13H2,1H3,(H,19,23)(H,20,22). The number of carbonyl (C=O) groups is 2. The highest BCUT2D eigenvalue weighted by atomic mass is 32.2. The summed E-state index contributed by atoms with van der Waals surface area (Å²) in [6, 6.07) is 1.62. The van der Waals surface area contributed by atoms with Crippen LogP contribution in [0.15, 0.2) is 16.7 Å². The minimum atomic E-state index is -0.273. The van der Waals surface area contributed by atoms with Crippen molar-refractivity contribution in [2.24, 2.45) is 0 Å². The topological polar surface area (TPSA) is 74.6 Å². The Morgan fingerprint density at radius 3 is 2.60 bits per heavy atom. The second-order valence-corrected chi connectivity index (χ2v) is 8.11. The third kappa shape index (κ3) is 4.39. The monoisotopic (exact) mass is 365 g/mol. The van der Waals surface area contributed by atoms with Crippen LogP contribution in [0.3, 0.4) is 0 Å². The van der Waals surface area contributed by atoms with Gasteiger partial charge in [0, 0.05) is 36.7 Å². The van der Waals surface area contributed by atoms with Gasteiger partial charge in [-0.25, -0.2) is 0 Å². The number of amides is 2. The number of aryl methyl sites for hydroxylation is 1. The van der Waals surface area contributed by atoms with Gasteiger partial charge in [0.15, 0.2) is 0 Å². The van der Waals surface area contributed by atoms with Crippen LogP contribution in [-0.2, 0) is 4.79 Å². The van der Waals surface area contributed by atoms with E-state index in [9.17, 15) is 9.59 Å². The smallest absolute Gasteiger partial charge is 0.255 e. The summed E-state index contributed by atoms with van der Waals surface area (Å²) in [6.45, 7) is 4.62. The molecule has 2 heterocycles. The van der Waals surface area contributed by atoms with Crippen LogP contribution >= 0.6 is 11.8 Å². The fourth-order valence-electron chi connectivity index (χ4n) is 3.88. The molecule has 3 rings (SSSR count). The molecule has 25 heavy (non-hydrogen) atoms. The van der Waals surface area contributed by atoms with Crippen LogP contribution in [0, 0.1) is 6.92 Å². The number of hydrogen-bond donors (Lipinski definition) is 2. The molecule has 138 valence electrons. The first-order valence-corrected chi connectivity index (χ1v) is 10.2. The van der Waals surface area contributed by atoms with E-state index in [4.69, 9.17) is 4.42 Å². The van der Waals surface area contributed by atoms with Gasteiger partial charge in [0.05, 0.1) is 18.4 Å². The zero-order chi connectivity index (χ0) is 17.7. The predicted octanol–water partition coefficient (Wildman–Crippen LogP) is 1.80. The number of carbonyl (C=O) groups excluding carboxylic acids is 2. The summed E-state index contributed by atoms with van der Waals surface area (Å²) in [5.41, 5.74) is 0.591. The van der Waals surface area contributed by atoms with Gasteiger partial charge < -0.3 is 15.1 Å². The van der Waals surface area contributed by atoms with Crippen LogP contribution in [-0.4, -0.2) is 59.9 Å². The third-order valence-electron chi connectivity index (χ3n) is 5.34. The lowest BCUT2D eigenvalue weighted by atomic mass is 9.94. The van der Waals surface area contributed by atoms with Crippen molar-refractivity contribution in [1.82, 2.24) is 15.5 Å². The molecule has 1 aliphatic heterocycles. The maximum absolute atomic E-state index is 12.2. The van der Waals surface area contributed by atoms with Gasteiger partial charge >= 0.3 is 0 Å². The van der Waals surface area contributed by atoms with Crippen molar-refractivity contribution in [2.75, 3.05) is 37.7 Å². The first-order valence-electron chi connectivity index (χ1n) is 9.02.